The van der Waals surface area contributed by atoms with Crippen molar-refractivity contribution in [3.8, 4) is 11.8 Å². The van der Waals surface area contributed by atoms with E-state index in [2.05, 4.69) is 57.8 Å². The van der Waals surface area contributed by atoms with Gasteiger partial charge >= 0.3 is 0 Å². The molecule has 0 N–H and O–H groups in total. The van der Waals surface area contributed by atoms with Crippen LogP contribution < -0.4 is 0 Å². The molecule has 1 nitrogen and oxygen atoms in total. The zero-order valence-electron chi connectivity index (χ0n) is 17.1. The summed E-state index contributed by atoms with van der Waals surface area (Å²) in [6.07, 6.45) is 18.8. The highest BCUT2D eigenvalue weighted by Gasteiger charge is 2.26. The zero-order valence-corrected chi connectivity index (χ0v) is 17.1. The summed E-state index contributed by atoms with van der Waals surface area (Å²) in [5.74, 6) is 5.78. The number of hydrogen-bond donors (Lipinski definition) is 0. The van der Waals surface area contributed by atoms with Gasteiger partial charge in [-0.1, -0.05) is 67.2 Å². The molecule has 138 valence electrons. The van der Waals surface area contributed by atoms with Gasteiger partial charge < -0.3 is 0 Å². The molecule has 0 aromatic rings. The highest BCUT2D eigenvalue weighted by atomic mass is 16.1. The molecular weight excluding hydrogens is 316 g/mol. The molecule has 0 spiro atoms. The summed E-state index contributed by atoms with van der Waals surface area (Å²) in [6.45, 7) is 12.8. The van der Waals surface area contributed by atoms with Crippen LogP contribution in [0.25, 0.3) is 0 Å². The van der Waals surface area contributed by atoms with Gasteiger partial charge in [-0.25, -0.2) is 0 Å². The van der Waals surface area contributed by atoms with E-state index in [4.69, 9.17) is 0 Å². The lowest BCUT2D eigenvalue weighted by Gasteiger charge is -2.32. The van der Waals surface area contributed by atoms with E-state index >= 15 is 0 Å². The Morgan fingerprint density at radius 3 is 2.27 bits per heavy atom. The smallest absolute Gasteiger partial charge is 0.146 e. The van der Waals surface area contributed by atoms with E-state index < -0.39 is 0 Å². The molecule has 1 heteroatoms. The maximum absolute atomic E-state index is 10.5. The summed E-state index contributed by atoms with van der Waals surface area (Å²) in [5, 5.41) is 0. The minimum Gasteiger partial charge on any atom is -0.298 e. The van der Waals surface area contributed by atoms with E-state index in [0.29, 0.717) is 5.57 Å². The largest absolute Gasteiger partial charge is 0.298 e. The Bertz CT molecular complexity index is 750. The molecule has 0 radical (unpaired) electrons. The van der Waals surface area contributed by atoms with Crippen LogP contribution in [0.1, 0.15) is 60.8 Å². The lowest BCUT2D eigenvalue weighted by Crippen LogP contribution is -2.19. The Morgan fingerprint density at radius 2 is 1.65 bits per heavy atom. The topological polar surface area (TPSA) is 17.1 Å². The Kier molecular flexibility index (Phi) is 8.86. The first-order valence-electron chi connectivity index (χ1n) is 9.29. The lowest BCUT2D eigenvalue weighted by molar-refractivity contribution is -0.104. The van der Waals surface area contributed by atoms with Gasteiger partial charge in [0.1, 0.15) is 6.29 Å². The number of carbonyl (C=O) groups is 1. The second-order valence-electron chi connectivity index (χ2n) is 7.72. The third kappa shape index (κ3) is 7.70. The van der Waals surface area contributed by atoms with Gasteiger partial charge in [0.2, 0.25) is 0 Å². The highest BCUT2D eigenvalue weighted by molar-refractivity contribution is 5.73. The molecule has 0 heterocycles. The number of rotatable bonds is 5. The minimum atomic E-state index is 0.281. The average molecular weight is 349 g/mol. The Labute approximate surface area is 160 Å². The van der Waals surface area contributed by atoms with Crippen LogP contribution in [0.3, 0.4) is 0 Å². The number of allylic oxidation sites excluding steroid dienone is 12. The van der Waals surface area contributed by atoms with Crippen molar-refractivity contribution in [3.05, 3.63) is 70.4 Å². The van der Waals surface area contributed by atoms with Crippen LogP contribution in [0.5, 0.6) is 0 Å². The summed E-state index contributed by atoms with van der Waals surface area (Å²) in [5.41, 5.74) is 6.24. The van der Waals surface area contributed by atoms with Crippen molar-refractivity contribution in [1.29, 1.82) is 0 Å². The molecule has 0 amide bonds. The molecule has 0 aromatic carbocycles. The molecule has 1 rings (SSSR count). The maximum Gasteiger partial charge on any atom is 0.146 e. The monoisotopic (exact) mass is 348 g/mol. The van der Waals surface area contributed by atoms with E-state index in [1.54, 1.807) is 13.0 Å². The van der Waals surface area contributed by atoms with Crippen LogP contribution in [-0.2, 0) is 4.79 Å². The number of carbonyl (C=O) groups excluding carboxylic acids is 1. The minimum absolute atomic E-state index is 0.281. The van der Waals surface area contributed by atoms with E-state index in [0.717, 1.165) is 11.9 Å². The Balaban J connectivity index is 2.73. The molecule has 0 unspecified atom stereocenters. The van der Waals surface area contributed by atoms with Crippen LogP contribution in [0.2, 0.25) is 0 Å². The van der Waals surface area contributed by atoms with Crippen molar-refractivity contribution in [3.63, 3.8) is 0 Å². The van der Waals surface area contributed by atoms with Crippen LogP contribution in [0, 0.1) is 17.3 Å². The molecule has 0 aromatic heterocycles. The fourth-order valence-corrected chi connectivity index (χ4v) is 3.03. The predicted octanol–water partition coefficient (Wildman–Crippen LogP) is 6.67. The van der Waals surface area contributed by atoms with Gasteiger partial charge in [-0.05, 0) is 81.2 Å². The quantitative estimate of drug-likeness (QED) is 0.235. The molecule has 0 bridgehead atoms. The second kappa shape index (κ2) is 10.6. The van der Waals surface area contributed by atoms with Crippen molar-refractivity contribution in [1.82, 2.24) is 0 Å². The van der Waals surface area contributed by atoms with Gasteiger partial charge in [-0.3, -0.25) is 4.79 Å². The van der Waals surface area contributed by atoms with Crippen molar-refractivity contribution in [2.75, 3.05) is 0 Å². The summed E-state index contributed by atoms with van der Waals surface area (Å²) in [6, 6.07) is 0. The van der Waals surface area contributed by atoms with E-state index in [9.17, 15) is 4.79 Å². The van der Waals surface area contributed by atoms with Gasteiger partial charge in [-0.15, -0.1) is 0 Å². The van der Waals surface area contributed by atoms with E-state index in [1.807, 2.05) is 25.2 Å². The Hall–Kier alpha value is -2.33. The van der Waals surface area contributed by atoms with Crippen molar-refractivity contribution < 1.29 is 4.79 Å². The van der Waals surface area contributed by atoms with Gasteiger partial charge in [0.05, 0.1) is 0 Å². The zero-order chi connectivity index (χ0) is 19.6. The first-order chi connectivity index (χ1) is 12.3. The van der Waals surface area contributed by atoms with Gasteiger partial charge in [0, 0.05) is 0 Å². The molecule has 0 fully saturated rings. The van der Waals surface area contributed by atoms with Crippen molar-refractivity contribution in [2.45, 2.75) is 60.8 Å². The van der Waals surface area contributed by atoms with Crippen molar-refractivity contribution in [2.24, 2.45) is 5.41 Å². The molecule has 0 saturated heterocycles. The third-order valence-corrected chi connectivity index (χ3v) is 4.64. The first kappa shape index (κ1) is 21.7. The van der Waals surface area contributed by atoms with Crippen LogP contribution in [0.4, 0.5) is 0 Å². The standard InChI is InChI=1S/C25H32O/c1-20(11-7-8-12-22(3)19-26)13-9-14-21(2)16-17-24-23(4)15-10-18-25(24,5)6/h9,11-14,16-17,19H,10,15,18H2,1-6H3. The number of aldehydes is 1. The van der Waals surface area contributed by atoms with Crippen LogP contribution >= 0.6 is 0 Å². The summed E-state index contributed by atoms with van der Waals surface area (Å²) in [7, 11) is 0. The summed E-state index contributed by atoms with van der Waals surface area (Å²) >= 11 is 0. The van der Waals surface area contributed by atoms with E-state index in [1.165, 1.54) is 36.0 Å². The first-order valence-corrected chi connectivity index (χ1v) is 9.29. The third-order valence-electron chi connectivity index (χ3n) is 4.64. The van der Waals surface area contributed by atoms with Gasteiger partial charge in [0.15, 0.2) is 0 Å². The SMILES string of the molecule is CC(C=O)=CC#CC=C(C)C=CC=C(C)C=CC1=C(C)CCCC1(C)C. The van der Waals surface area contributed by atoms with Crippen LogP contribution in [-0.4, -0.2) is 6.29 Å². The molecule has 0 atom stereocenters. The predicted molar refractivity (Wildman–Crippen MR) is 114 cm³/mol. The number of hydrogen-bond acceptors (Lipinski definition) is 1. The average Bonchev–Trinajstić information content (AvgIpc) is 2.57. The second-order valence-corrected chi connectivity index (χ2v) is 7.72. The van der Waals surface area contributed by atoms with Crippen molar-refractivity contribution >= 4 is 6.29 Å². The normalized spacial score (nSPS) is 19.1. The summed E-state index contributed by atoms with van der Waals surface area (Å²) in [4.78, 5) is 10.5. The van der Waals surface area contributed by atoms with Crippen LogP contribution in [0.15, 0.2) is 70.4 Å². The molecular formula is C25H32O. The maximum atomic E-state index is 10.5. The van der Waals surface area contributed by atoms with Gasteiger partial charge in [-0.2, -0.15) is 0 Å². The molecule has 0 saturated carbocycles. The molecule has 0 aliphatic heterocycles. The highest BCUT2D eigenvalue weighted by Crippen LogP contribution is 2.40. The molecule has 26 heavy (non-hydrogen) atoms. The fourth-order valence-electron chi connectivity index (χ4n) is 3.03. The van der Waals surface area contributed by atoms with E-state index in [-0.39, 0.29) is 5.41 Å². The molecule has 1 aliphatic rings. The lowest BCUT2D eigenvalue weighted by atomic mass is 9.72. The Morgan fingerprint density at radius 1 is 1.00 bits per heavy atom. The van der Waals surface area contributed by atoms with Gasteiger partial charge in [0.25, 0.3) is 0 Å². The summed E-state index contributed by atoms with van der Waals surface area (Å²) < 4.78 is 0. The fraction of sp³-hybridized carbons (Fsp3) is 0.400. The molecule has 1 aliphatic carbocycles.